The summed E-state index contributed by atoms with van der Waals surface area (Å²) in [5.74, 6) is 0. The van der Waals surface area contributed by atoms with Crippen LogP contribution in [-0.4, -0.2) is 32.5 Å². The average molecular weight is 275 g/mol. The van der Waals surface area contributed by atoms with Crippen molar-refractivity contribution >= 4 is 0 Å². The topological polar surface area (TPSA) is 30.5 Å². The molecule has 1 N–H and O–H groups in total. The lowest BCUT2D eigenvalue weighted by molar-refractivity contribution is -0.0360. The van der Waals surface area contributed by atoms with Crippen molar-refractivity contribution in [3.8, 4) is 0 Å². The van der Waals surface area contributed by atoms with Crippen molar-refractivity contribution in [3.63, 3.8) is 0 Å². The summed E-state index contributed by atoms with van der Waals surface area (Å²) in [4.78, 5) is 0. The molecule has 0 aromatic heterocycles. The number of ether oxygens (including phenoxy) is 2. The van der Waals surface area contributed by atoms with Gasteiger partial charge in [-0.25, -0.2) is 0 Å². The zero-order valence-corrected chi connectivity index (χ0v) is 12.3. The van der Waals surface area contributed by atoms with Crippen molar-refractivity contribution in [1.29, 1.82) is 0 Å². The fraction of sp³-hybridized carbons (Fsp3) is 0.647. The van der Waals surface area contributed by atoms with Crippen LogP contribution in [0.3, 0.4) is 0 Å². The summed E-state index contributed by atoms with van der Waals surface area (Å²) in [6, 6.07) is 9.06. The Balaban J connectivity index is 1.70. The summed E-state index contributed by atoms with van der Waals surface area (Å²) >= 11 is 0. The first-order valence-corrected chi connectivity index (χ1v) is 7.87. The molecule has 3 unspecified atom stereocenters. The minimum absolute atomic E-state index is 0.257. The Kier molecular flexibility index (Phi) is 4.71. The zero-order chi connectivity index (χ0) is 13.8. The third kappa shape index (κ3) is 3.05. The zero-order valence-electron chi connectivity index (χ0n) is 12.3. The molecule has 0 saturated carbocycles. The summed E-state index contributed by atoms with van der Waals surface area (Å²) in [5.41, 5.74) is 2.87. The first-order valence-electron chi connectivity index (χ1n) is 7.87. The number of rotatable bonds is 4. The van der Waals surface area contributed by atoms with Crippen molar-refractivity contribution in [2.45, 2.75) is 50.4 Å². The molecule has 1 saturated heterocycles. The summed E-state index contributed by atoms with van der Waals surface area (Å²) in [5, 5.41) is 3.46. The maximum absolute atomic E-state index is 6.22. The molecular formula is C17H25NO2. The highest BCUT2D eigenvalue weighted by atomic mass is 16.5. The maximum atomic E-state index is 6.22. The lowest BCUT2D eigenvalue weighted by Crippen LogP contribution is -2.33. The molecule has 1 fully saturated rings. The van der Waals surface area contributed by atoms with E-state index in [9.17, 15) is 0 Å². The number of likely N-dealkylation sites (N-methyl/N-ethyl adjacent to an activating group) is 1. The van der Waals surface area contributed by atoms with E-state index >= 15 is 0 Å². The van der Waals surface area contributed by atoms with Crippen LogP contribution < -0.4 is 5.32 Å². The Morgan fingerprint density at radius 2 is 2.15 bits per heavy atom. The number of hydrogen-bond donors (Lipinski definition) is 1. The highest BCUT2D eigenvalue weighted by Crippen LogP contribution is 2.31. The van der Waals surface area contributed by atoms with Gasteiger partial charge in [0.15, 0.2) is 0 Å². The van der Waals surface area contributed by atoms with Gasteiger partial charge in [-0.1, -0.05) is 24.3 Å². The van der Waals surface area contributed by atoms with Crippen LogP contribution in [0.4, 0.5) is 0 Å². The molecule has 1 aromatic rings. The number of nitrogens with one attached hydrogen (secondary N) is 1. The van der Waals surface area contributed by atoms with E-state index in [-0.39, 0.29) is 6.10 Å². The fourth-order valence-electron chi connectivity index (χ4n) is 3.45. The smallest absolute Gasteiger partial charge is 0.0809 e. The average Bonchev–Trinajstić information content (AvgIpc) is 2.93. The van der Waals surface area contributed by atoms with E-state index in [0.717, 1.165) is 32.5 Å². The highest BCUT2D eigenvalue weighted by molar-refractivity contribution is 5.32. The fourth-order valence-corrected chi connectivity index (χ4v) is 3.45. The van der Waals surface area contributed by atoms with Gasteiger partial charge in [0.2, 0.25) is 0 Å². The van der Waals surface area contributed by atoms with Crippen molar-refractivity contribution in [2.75, 3.05) is 20.3 Å². The van der Waals surface area contributed by atoms with Crippen LogP contribution in [0.15, 0.2) is 24.3 Å². The van der Waals surface area contributed by atoms with Crippen LogP contribution in [0.1, 0.15) is 42.9 Å². The molecule has 3 rings (SSSR count). The Labute approximate surface area is 121 Å². The number of benzene rings is 1. The number of fused-ring (bicyclic) bond motifs is 1. The largest absolute Gasteiger partial charge is 0.376 e. The van der Waals surface area contributed by atoms with Gasteiger partial charge in [-0.3, -0.25) is 0 Å². The predicted octanol–water partition coefficient (Wildman–Crippen LogP) is 2.85. The summed E-state index contributed by atoms with van der Waals surface area (Å²) in [6.07, 6.45) is 6.37. The minimum Gasteiger partial charge on any atom is -0.376 e. The van der Waals surface area contributed by atoms with Gasteiger partial charge in [0.25, 0.3) is 0 Å². The molecule has 3 heteroatoms. The molecule has 0 spiro atoms. The van der Waals surface area contributed by atoms with E-state index < -0.39 is 0 Å². The number of aryl methyl sites for hydroxylation is 1. The lowest BCUT2D eigenvalue weighted by atomic mass is 9.98. The predicted molar refractivity (Wildman–Crippen MR) is 79.9 cm³/mol. The van der Waals surface area contributed by atoms with E-state index in [1.54, 1.807) is 0 Å². The summed E-state index contributed by atoms with van der Waals surface area (Å²) in [7, 11) is 2.04. The first-order chi connectivity index (χ1) is 9.88. The SMILES string of the molecule is CNC1c2ccccc2CCCC1OCC1CCCO1. The molecule has 0 amide bonds. The van der Waals surface area contributed by atoms with E-state index in [1.165, 1.54) is 24.0 Å². The first kappa shape index (κ1) is 14.1. The van der Waals surface area contributed by atoms with Crippen molar-refractivity contribution in [3.05, 3.63) is 35.4 Å². The third-order valence-electron chi connectivity index (χ3n) is 4.53. The molecule has 1 heterocycles. The van der Waals surface area contributed by atoms with Crippen LogP contribution in [-0.2, 0) is 15.9 Å². The maximum Gasteiger partial charge on any atom is 0.0809 e. The van der Waals surface area contributed by atoms with Crippen LogP contribution in [0.2, 0.25) is 0 Å². The van der Waals surface area contributed by atoms with Gasteiger partial charge in [0.1, 0.15) is 0 Å². The van der Waals surface area contributed by atoms with E-state index in [2.05, 4.69) is 29.6 Å². The van der Waals surface area contributed by atoms with Crippen LogP contribution in [0.5, 0.6) is 0 Å². The highest BCUT2D eigenvalue weighted by Gasteiger charge is 2.28. The lowest BCUT2D eigenvalue weighted by Gasteiger charge is -2.27. The Hall–Kier alpha value is -0.900. The van der Waals surface area contributed by atoms with Gasteiger partial charge < -0.3 is 14.8 Å². The molecule has 3 atom stereocenters. The molecule has 110 valence electrons. The van der Waals surface area contributed by atoms with Gasteiger partial charge >= 0.3 is 0 Å². The van der Waals surface area contributed by atoms with Gasteiger partial charge in [0.05, 0.1) is 24.9 Å². The molecule has 0 radical (unpaired) electrons. The normalized spacial score (nSPS) is 29.9. The van der Waals surface area contributed by atoms with E-state index in [1.807, 2.05) is 7.05 Å². The van der Waals surface area contributed by atoms with E-state index in [4.69, 9.17) is 9.47 Å². The minimum atomic E-state index is 0.257. The van der Waals surface area contributed by atoms with Gasteiger partial charge in [-0.2, -0.15) is 0 Å². The molecule has 1 aliphatic heterocycles. The second-order valence-electron chi connectivity index (χ2n) is 5.86. The van der Waals surface area contributed by atoms with Gasteiger partial charge in [-0.05, 0) is 50.3 Å². The molecular weight excluding hydrogens is 250 g/mol. The molecule has 2 aliphatic rings. The molecule has 1 aromatic carbocycles. The molecule has 3 nitrogen and oxygen atoms in total. The molecule has 0 bridgehead atoms. The Morgan fingerprint density at radius 3 is 2.95 bits per heavy atom. The summed E-state index contributed by atoms with van der Waals surface area (Å²) in [6.45, 7) is 1.64. The third-order valence-corrected chi connectivity index (χ3v) is 4.53. The molecule has 20 heavy (non-hydrogen) atoms. The molecule has 1 aliphatic carbocycles. The Bertz CT molecular complexity index is 429. The monoisotopic (exact) mass is 275 g/mol. The van der Waals surface area contributed by atoms with Crippen LogP contribution in [0.25, 0.3) is 0 Å². The van der Waals surface area contributed by atoms with Crippen molar-refractivity contribution in [1.82, 2.24) is 5.32 Å². The van der Waals surface area contributed by atoms with Crippen LogP contribution in [0, 0.1) is 0 Å². The number of hydrogen-bond acceptors (Lipinski definition) is 3. The summed E-state index contributed by atoms with van der Waals surface area (Å²) < 4.78 is 11.9. The standard InChI is InChI=1S/C17H25NO2/c1-18-17-15-9-3-2-6-13(15)7-4-10-16(17)20-12-14-8-5-11-19-14/h2-3,6,9,14,16-18H,4-5,7-8,10-12H2,1H3. The van der Waals surface area contributed by atoms with Gasteiger partial charge in [0, 0.05) is 6.61 Å². The van der Waals surface area contributed by atoms with E-state index in [0.29, 0.717) is 12.1 Å². The van der Waals surface area contributed by atoms with Crippen molar-refractivity contribution in [2.24, 2.45) is 0 Å². The quantitative estimate of drug-likeness (QED) is 0.857. The van der Waals surface area contributed by atoms with Gasteiger partial charge in [-0.15, -0.1) is 0 Å². The second kappa shape index (κ2) is 6.70. The van der Waals surface area contributed by atoms with Crippen molar-refractivity contribution < 1.29 is 9.47 Å². The van der Waals surface area contributed by atoms with Crippen LogP contribution >= 0.6 is 0 Å². The second-order valence-corrected chi connectivity index (χ2v) is 5.86. The Morgan fingerprint density at radius 1 is 1.25 bits per heavy atom.